The molecule has 3 aromatic rings. The first kappa shape index (κ1) is 21.0. The van der Waals surface area contributed by atoms with Crippen LogP contribution in [-0.4, -0.2) is 51.1 Å². The van der Waals surface area contributed by atoms with Crippen molar-refractivity contribution in [2.45, 2.75) is 17.8 Å². The number of hydrogen-bond donors (Lipinski definition) is 0. The molecule has 8 heteroatoms. The molecule has 0 aliphatic carbocycles. The molecule has 1 aromatic carbocycles. The Morgan fingerprint density at radius 3 is 2.69 bits per heavy atom. The van der Waals surface area contributed by atoms with Gasteiger partial charge < -0.3 is 4.74 Å². The van der Waals surface area contributed by atoms with Gasteiger partial charge in [-0.25, -0.2) is 0 Å². The summed E-state index contributed by atoms with van der Waals surface area (Å²) in [5.41, 5.74) is 2.24. The summed E-state index contributed by atoms with van der Waals surface area (Å²) >= 11 is 1.71. The SMILES string of the molecule is Cl.Cl.c1ccc(CN2CCOC(CSc3nnc4ccccn34)C2)cc1. The fourth-order valence-electron chi connectivity index (χ4n) is 2.95. The smallest absolute Gasteiger partial charge is 0.195 e. The zero-order valence-electron chi connectivity index (χ0n) is 14.2. The van der Waals surface area contributed by atoms with Crippen LogP contribution in [0.3, 0.4) is 0 Å². The zero-order valence-corrected chi connectivity index (χ0v) is 16.7. The lowest BCUT2D eigenvalue weighted by molar-refractivity contribution is -0.0187. The highest BCUT2D eigenvalue weighted by atomic mass is 35.5. The molecule has 1 aliphatic rings. The van der Waals surface area contributed by atoms with E-state index in [-0.39, 0.29) is 30.9 Å². The van der Waals surface area contributed by atoms with Gasteiger partial charge in [-0.2, -0.15) is 0 Å². The lowest BCUT2D eigenvalue weighted by Crippen LogP contribution is -2.43. The minimum absolute atomic E-state index is 0. The first-order valence-electron chi connectivity index (χ1n) is 8.19. The van der Waals surface area contributed by atoms with Crippen molar-refractivity contribution >= 4 is 42.2 Å². The normalized spacial score (nSPS) is 17.5. The number of morpholine rings is 1. The molecule has 0 bridgehead atoms. The number of fused-ring (bicyclic) bond motifs is 1. The predicted molar refractivity (Wildman–Crippen MR) is 110 cm³/mol. The molecule has 4 rings (SSSR count). The van der Waals surface area contributed by atoms with Crippen LogP contribution in [0.2, 0.25) is 0 Å². The van der Waals surface area contributed by atoms with Crippen molar-refractivity contribution in [2.24, 2.45) is 0 Å². The largest absolute Gasteiger partial charge is 0.375 e. The highest BCUT2D eigenvalue weighted by molar-refractivity contribution is 7.99. The number of rotatable bonds is 5. The minimum atomic E-state index is 0. The lowest BCUT2D eigenvalue weighted by Gasteiger charge is -2.32. The van der Waals surface area contributed by atoms with Crippen molar-refractivity contribution in [1.29, 1.82) is 0 Å². The van der Waals surface area contributed by atoms with Gasteiger partial charge in [-0.05, 0) is 17.7 Å². The third kappa shape index (κ3) is 5.11. The number of benzene rings is 1. The van der Waals surface area contributed by atoms with Gasteiger partial charge in [0.05, 0.1) is 12.7 Å². The molecule has 0 saturated carbocycles. The van der Waals surface area contributed by atoms with E-state index in [9.17, 15) is 0 Å². The van der Waals surface area contributed by atoms with Crippen molar-refractivity contribution in [3.05, 3.63) is 60.3 Å². The number of nitrogens with zero attached hydrogens (tertiary/aromatic N) is 4. The number of hydrogen-bond acceptors (Lipinski definition) is 5. The highest BCUT2D eigenvalue weighted by Gasteiger charge is 2.21. The number of halogens is 2. The van der Waals surface area contributed by atoms with Crippen molar-refractivity contribution in [1.82, 2.24) is 19.5 Å². The topological polar surface area (TPSA) is 42.7 Å². The van der Waals surface area contributed by atoms with Gasteiger partial charge >= 0.3 is 0 Å². The predicted octanol–water partition coefficient (Wildman–Crippen LogP) is 3.57. The molecule has 1 atom stereocenters. The van der Waals surface area contributed by atoms with E-state index in [1.54, 1.807) is 11.8 Å². The van der Waals surface area contributed by atoms with Gasteiger partial charge in [0.25, 0.3) is 0 Å². The maximum Gasteiger partial charge on any atom is 0.195 e. The van der Waals surface area contributed by atoms with E-state index in [0.29, 0.717) is 0 Å². The summed E-state index contributed by atoms with van der Waals surface area (Å²) in [4.78, 5) is 2.46. The monoisotopic (exact) mass is 412 g/mol. The van der Waals surface area contributed by atoms with Crippen LogP contribution in [0.5, 0.6) is 0 Å². The Balaban J connectivity index is 0.00000121. The second-order valence-corrected chi connectivity index (χ2v) is 6.92. The van der Waals surface area contributed by atoms with E-state index < -0.39 is 0 Å². The summed E-state index contributed by atoms with van der Waals surface area (Å²) in [6, 6.07) is 16.6. The molecule has 1 saturated heterocycles. The van der Waals surface area contributed by atoms with E-state index in [1.165, 1.54) is 5.56 Å². The molecule has 3 heterocycles. The first-order chi connectivity index (χ1) is 11.9. The number of aromatic nitrogens is 3. The van der Waals surface area contributed by atoms with Crippen LogP contribution in [0.15, 0.2) is 59.9 Å². The fraction of sp³-hybridized carbons (Fsp3) is 0.333. The van der Waals surface area contributed by atoms with E-state index in [1.807, 2.05) is 28.8 Å². The summed E-state index contributed by atoms with van der Waals surface area (Å²) in [7, 11) is 0. The summed E-state index contributed by atoms with van der Waals surface area (Å²) in [5, 5.41) is 9.39. The minimum Gasteiger partial charge on any atom is -0.375 e. The molecule has 140 valence electrons. The van der Waals surface area contributed by atoms with Gasteiger partial charge in [-0.1, -0.05) is 48.2 Å². The molecular weight excluding hydrogens is 391 g/mol. The standard InChI is InChI=1S/C18H20N4OS.2ClH/c1-2-6-15(7-3-1)12-21-10-11-23-16(13-21)14-24-18-20-19-17-8-4-5-9-22(17)18;;/h1-9,16H,10-14H2;2*1H. The molecule has 0 radical (unpaired) electrons. The highest BCUT2D eigenvalue weighted by Crippen LogP contribution is 2.20. The summed E-state index contributed by atoms with van der Waals surface area (Å²) in [6.07, 6.45) is 2.23. The van der Waals surface area contributed by atoms with Crippen molar-refractivity contribution < 1.29 is 4.74 Å². The average Bonchev–Trinajstić information content (AvgIpc) is 3.04. The van der Waals surface area contributed by atoms with Gasteiger partial charge in [0.15, 0.2) is 10.8 Å². The van der Waals surface area contributed by atoms with Crippen LogP contribution in [0.25, 0.3) is 5.65 Å². The number of thioether (sulfide) groups is 1. The Bertz CT molecular complexity index is 802. The summed E-state index contributed by atoms with van der Waals surface area (Å²) < 4.78 is 7.96. The maximum absolute atomic E-state index is 5.94. The van der Waals surface area contributed by atoms with Crippen LogP contribution in [0, 0.1) is 0 Å². The molecule has 1 fully saturated rings. The first-order valence-corrected chi connectivity index (χ1v) is 9.17. The Labute approximate surface area is 170 Å². The van der Waals surface area contributed by atoms with Crippen LogP contribution in [0.4, 0.5) is 0 Å². The second kappa shape index (κ2) is 10.1. The van der Waals surface area contributed by atoms with E-state index in [4.69, 9.17) is 4.74 Å². The quantitative estimate of drug-likeness (QED) is 0.599. The van der Waals surface area contributed by atoms with E-state index >= 15 is 0 Å². The maximum atomic E-state index is 5.94. The molecule has 1 unspecified atom stereocenters. The van der Waals surface area contributed by atoms with Gasteiger partial charge in [0, 0.05) is 31.6 Å². The van der Waals surface area contributed by atoms with E-state index in [0.717, 1.165) is 42.8 Å². The molecule has 26 heavy (non-hydrogen) atoms. The Morgan fingerprint density at radius 2 is 1.85 bits per heavy atom. The van der Waals surface area contributed by atoms with Crippen LogP contribution in [-0.2, 0) is 11.3 Å². The zero-order chi connectivity index (χ0) is 16.2. The molecule has 2 aromatic heterocycles. The third-order valence-electron chi connectivity index (χ3n) is 4.15. The number of pyridine rings is 1. The van der Waals surface area contributed by atoms with Crippen molar-refractivity contribution in [3.63, 3.8) is 0 Å². The Morgan fingerprint density at radius 1 is 1.04 bits per heavy atom. The fourth-order valence-corrected chi connectivity index (χ4v) is 3.88. The molecule has 1 aliphatic heterocycles. The third-order valence-corrected chi connectivity index (χ3v) is 5.23. The Hall–Kier alpha value is -1.31. The van der Waals surface area contributed by atoms with Crippen LogP contribution >= 0.6 is 36.6 Å². The summed E-state index contributed by atoms with van der Waals surface area (Å²) in [6.45, 7) is 3.72. The summed E-state index contributed by atoms with van der Waals surface area (Å²) in [5.74, 6) is 0.890. The van der Waals surface area contributed by atoms with Gasteiger partial charge in [-0.3, -0.25) is 9.30 Å². The number of ether oxygens (including phenoxy) is 1. The van der Waals surface area contributed by atoms with Crippen LogP contribution in [0.1, 0.15) is 5.56 Å². The molecular formula is C18H22Cl2N4OS. The van der Waals surface area contributed by atoms with Gasteiger partial charge in [0.1, 0.15) is 0 Å². The molecule has 0 spiro atoms. The van der Waals surface area contributed by atoms with E-state index in [2.05, 4.69) is 45.4 Å². The van der Waals surface area contributed by atoms with Crippen LogP contribution < -0.4 is 0 Å². The van der Waals surface area contributed by atoms with Gasteiger partial charge in [0.2, 0.25) is 0 Å². The van der Waals surface area contributed by atoms with Gasteiger partial charge in [-0.15, -0.1) is 35.0 Å². The molecule has 0 N–H and O–H groups in total. The average molecular weight is 413 g/mol. The van der Waals surface area contributed by atoms with Crippen molar-refractivity contribution in [3.8, 4) is 0 Å². The van der Waals surface area contributed by atoms with Crippen molar-refractivity contribution in [2.75, 3.05) is 25.4 Å². The Kier molecular flexibility index (Phi) is 8.18. The molecule has 0 amide bonds. The lowest BCUT2D eigenvalue weighted by atomic mass is 10.2. The second-order valence-electron chi connectivity index (χ2n) is 5.94. The molecule has 5 nitrogen and oxygen atoms in total.